The molecule has 0 unspecified atom stereocenters. The second-order valence-corrected chi connectivity index (χ2v) is 14.6. The molecule has 2 aliphatic heterocycles. The van der Waals surface area contributed by atoms with Gasteiger partial charge in [-0.05, 0) is 31.5 Å². The van der Waals surface area contributed by atoms with Gasteiger partial charge in [0.05, 0.1) is 24.9 Å². The van der Waals surface area contributed by atoms with E-state index >= 15 is 0 Å². The summed E-state index contributed by atoms with van der Waals surface area (Å²) in [6.07, 6.45) is 0.577. The molecule has 0 radical (unpaired) electrons. The molecule has 2 fully saturated rings. The van der Waals surface area contributed by atoms with Crippen molar-refractivity contribution in [2.45, 2.75) is 88.9 Å². The van der Waals surface area contributed by atoms with E-state index in [9.17, 15) is 5.11 Å². The third-order valence-electron chi connectivity index (χ3n) is 6.51. The molecule has 5 atom stereocenters. The van der Waals surface area contributed by atoms with E-state index in [1.165, 1.54) is 0 Å². The van der Waals surface area contributed by atoms with E-state index in [1.54, 1.807) is 0 Å². The van der Waals surface area contributed by atoms with Crippen LogP contribution in [0.3, 0.4) is 0 Å². The Morgan fingerprint density at radius 2 is 1.89 bits per heavy atom. The van der Waals surface area contributed by atoms with E-state index in [0.717, 1.165) is 12.0 Å². The van der Waals surface area contributed by atoms with Crippen LogP contribution in [0.1, 0.15) is 52.4 Å². The summed E-state index contributed by atoms with van der Waals surface area (Å²) in [6.45, 7) is 13.8. The molecule has 0 aliphatic carbocycles. The quantitative estimate of drug-likeness (QED) is 0.731. The average molecular weight is 409 g/mol. The molecule has 28 heavy (non-hydrogen) atoms. The zero-order valence-electron chi connectivity index (χ0n) is 18.1. The normalized spacial score (nSPS) is 34.1. The SMILES string of the molecule is CC(C)(C)[Si](C)(C)O[C@@H]1C[C@@H]2O[C@H](c3ccccc3)OC[C@@]2(C)O[C@H]1CCO. The summed E-state index contributed by atoms with van der Waals surface area (Å²) in [5.41, 5.74) is 0.488. The smallest absolute Gasteiger partial charge is 0.192 e. The minimum absolute atomic E-state index is 0.0805. The fourth-order valence-corrected chi connectivity index (χ4v) is 5.06. The highest BCUT2D eigenvalue weighted by Crippen LogP contribution is 2.44. The second kappa shape index (κ2) is 8.17. The molecule has 2 saturated heterocycles. The van der Waals surface area contributed by atoms with Crippen LogP contribution in [0.2, 0.25) is 18.1 Å². The van der Waals surface area contributed by atoms with Gasteiger partial charge < -0.3 is 23.7 Å². The molecule has 5 nitrogen and oxygen atoms in total. The number of rotatable bonds is 5. The number of hydrogen-bond donors (Lipinski definition) is 1. The molecule has 158 valence electrons. The molecule has 0 amide bonds. The van der Waals surface area contributed by atoms with Gasteiger partial charge in [0, 0.05) is 18.6 Å². The minimum Gasteiger partial charge on any atom is -0.411 e. The maximum Gasteiger partial charge on any atom is 0.192 e. The van der Waals surface area contributed by atoms with E-state index in [-0.39, 0.29) is 36.2 Å². The number of benzene rings is 1. The molecule has 0 bridgehead atoms. The van der Waals surface area contributed by atoms with Crippen molar-refractivity contribution in [3.63, 3.8) is 0 Å². The Morgan fingerprint density at radius 1 is 1.21 bits per heavy atom. The fraction of sp³-hybridized carbons (Fsp3) is 0.727. The van der Waals surface area contributed by atoms with E-state index in [4.69, 9.17) is 18.6 Å². The number of hydrogen-bond acceptors (Lipinski definition) is 5. The van der Waals surface area contributed by atoms with Crippen molar-refractivity contribution in [2.24, 2.45) is 0 Å². The Labute approximate surface area is 170 Å². The van der Waals surface area contributed by atoms with Crippen molar-refractivity contribution in [3.05, 3.63) is 35.9 Å². The van der Waals surface area contributed by atoms with Crippen LogP contribution in [-0.4, -0.2) is 50.6 Å². The molecule has 2 heterocycles. The number of ether oxygens (including phenoxy) is 3. The molecule has 0 spiro atoms. The summed E-state index contributed by atoms with van der Waals surface area (Å²) in [6, 6.07) is 10.0. The third-order valence-corrected chi connectivity index (χ3v) is 11.0. The molecule has 1 N–H and O–H groups in total. The van der Waals surface area contributed by atoms with Crippen molar-refractivity contribution in [2.75, 3.05) is 13.2 Å². The predicted molar refractivity (Wildman–Crippen MR) is 112 cm³/mol. The highest BCUT2D eigenvalue weighted by atomic mass is 28.4. The Kier molecular flexibility index (Phi) is 6.40. The van der Waals surface area contributed by atoms with Crippen molar-refractivity contribution < 1.29 is 23.7 Å². The molecular formula is C22H36O5Si. The lowest BCUT2D eigenvalue weighted by molar-refractivity contribution is -0.337. The summed E-state index contributed by atoms with van der Waals surface area (Å²) >= 11 is 0. The summed E-state index contributed by atoms with van der Waals surface area (Å²) in [7, 11) is -1.97. The van der Waals surface area contributed by atoms with Crippen molar-refractivity contribution >= 4 is 8.32 Å². The number of aliphatic hydroxyl groups excluding tert-OH is 1. The van der Waals surface area contributed by atoms with Crippen LogP contribution in [0.4, 0.5) is 0 Å². The second-order valence-electron chi connectivity index (χ2n) is 9.81. The summed E-state index contributed by atoms with van der Waals surface area (Å²) in [5.74, 6) is 0. The lowest BCUT2D eigenvalue weighted by Gasteiger charge is -2.53. The first-order valence-corrected chi connectivity index (χ1v) is 13.2. The maximum atomic E-state index is 9.58. The molecule has 1 aromatic rings. The lowest BCUT2D eigenvalue weighted by atomic mass is 9.87. The van der Waals surface area contributed by atoms with E-state index < -0.39 is 13.9 Å². The van der Waals surface area contributed by atoms with Crippen LogP contribution in [0.5, 0.6) is 0 Å². The van der Waals surface area contributed by atoms with E-state index in [1.807, 2.05) is 37.3 Å². The van der Waals surface area contributed by atoms with Gasteiger partial charge in [0.1, 0.15) is 5.60 Å². The van der Waals surface area contributed by atoms with E-state index in [2.05, 4.69) is 33.9 Å². The van der Waals surface area contributed by atoms with Gasteiger partial charge in [-0.3, -0.25) is 0 Å². The molecule has 0 saturated carbocycles. The Balaban J connectivity index is 1.79. The topological polar surface area (TPSA) is 57.2 Å². The molecule has 0 aromatic heterocycles. The monoisotopic (exact) mass is 408 g/mol. The first kappa shape index (κ1) is 21.9. The van der Waals surface area contributed by atoms with Crippen LogP contribution >= 0.6 is 0 Å². The van der Waals surface area contributed by atoms with Crippen molar-refractivity contribution in [3.8, 4) is 0 Å². The minimum atomic E-state index is -1.97. The zero-order valence-corrected chi connectivity index (χ0v) is 19.1. The molecule has 6 heteroatoms. The van der Waals surface area contributed by atoms with Gasteiger partial charge in [-0.25, -0.2) is 0 Å². The summed E-state index contributed by atoms with van der Waals surface area (Å²) < 4.78 is 25.6. The number of aliphatic hydroxyl groups is 1. The number of fused-ring (bicyclic) bond motifs is 1. The standard InChI is InChI=1S/C22H36O5Si/c1-21(2,3)28(5,6)27-18-14-19-22(4,26-17(18)12-13-23)15-24-20(25-19)16-10-8-7-9-11-16/h7-11,17-20,23H,12-15H2,1-6H3/t17-,18+,19-,20+,22+/m0/s1. The van der Waals surface area contributed by atoms with Crippen molar-refractivity contribution in [1.29, 1.82) is 0 Å². The maximum absolute atomic E-state index is 9.58. The van der Waals surface area contributed by atoms with Gasteiger partial charge >= 0.3 is 0 Å². The average Bonchev–Trinajstić information content (AvgIpc) is 2.62. The molecule has 1 aromatic carbocycles. The van der Waals surface area contributed by atoms with Gasteiger partial charge in [-0.2, -0.15) is 0 Å². The Bertz CT molecular complexity index is 644. The predicted octanol–water partition coefficient (Wildman–Crippen LogP) is 4.42. The van der Waals surface area contributed by atoms with Crippen LogP contribution in [0.25, 0.3) is 0 Å². The fourth-order valence-electron chi connectivity index (χ4n) is 3.70. The first-order valence-electron chi connectivity index (χ1n) is 10.3. The molecule has 2 aliphatic rings. The van der Waals surface area contributed by atoms with Gasteiger partial charge in [-0.1, -0.05) is 51.1 Å². The highest BCUT2D eigenvalue weighted by Gasteiger charge is 2.52. The first-order chi connectivity index (χ1) is 13.1. The molecule has 3 rings (SSSR count). The van der Waals surface area contributed by atoms with Crippen LogP contribution < -0.4 is 0 Å². The summed E-state index contributed by atoms with van der Waals surface area (Å²) in [4.78, 5) is 0. The zero-order chi connectivity index (χ0) is 20.6. The third kappa shape index (κ3) is 4.53. The molecular weight excluding hydrogens is 372 g/mol. The highest BCUT2D eigenvalue weighted by molar-refractivity contribution is 6.74. The Morgan fingerprint density at radius 3 is 2.50 bits per heavy atom. The van der Waals surface area contributed by atoms with Gasteiger partial charge in [0.15, 0.2) is 14.6 Å². The lowest BCUT2D eigenvalue weighted by Crippen LogP contribution is -2.62. The van der Waals surface area contributed by atoms with E-state index in [0.29, 0.717) is 13.0 Å². The van der Waals surface area contributed by atoms with Crippen LogP contribution in [0, 0.1) is 0 Å². The Hall–Kier alpha value is -0.763. The summed E-state index contributed by atoms with van der Waals surface area (Å²) in [5, 5.41) is 9.69. The van der Waals surface area contributed by atoms with Crippen LogP contribution in [0.15, 0.2) is 30.3 Å². The largest absolute Gasteiger partial charge is 0.411 e. The van der Waals surface area contributed by atoms with Gasteiger partial charge in [0.2, 0.25) is 0 Å². The van der Waals surface area contributed by atoms with Gasteiger partial charge in [-0.15, -0.1) is 0 Å². The van der Waals surface area contributed by atoms with Gasteiger partial charge in [0.25, 0.3) is 0 Å². The van der Waals surface area contributed by atoms with Crippen molar-refractivity contribution in [1.82, 2.24) is 0 Å². The van der Waals surface area contributed by atoms with Crippen LogP contribution in [-0.2, 0) is 18.6 Å².